The van der Waals surface area contributed by atoms with Gasteiger partial charge in [0, 0.05) is 30.4 Å². The zero-order chi connectivity index (χ0) is 17.7. The van der Waals surface area contributed by atoms with Crippen molar-refractivity contribution in [1.82, 2.24) is 15.1 Å². The van der Waals surface area contributed by atoms with E-state index in [0.29, 0.717) is 12.6 Å². The first kappa shape index (κ1) is 18.5. The predicted octanol–water partition coefficient (Wildman–Crippen LogP) is 3.64. The highest BCUT2D eigenvalue weighted by molar-refractivity contribution is 5.28. The van der Waals surface area contributed by atoms with Crippen LogP contribution in [0.25, 0.3) is 0 Å². The van der Waals surface area contributed by atoms with E-state index in [1.54, 1.807) is 0 Å². The minimum atomic E-state index is -0.555. The number of aliphatic hydroxyl groups is 1. The van der Waals surface area contributed by atoms with Crippen molar-refractivity contribution in [2.24, 2.45) is 0 Å². The Bertz CT molecular complexity index is 620. The van der Waals surface area contributed by atoms with E-state index in [0.717, 1.165) is 16.9 Å². The molecular weight excluding hydrogens is 302 g/mol. The van der Waals surface area contributed by atoms with Gasteiger partial charge in [0.2, 0.25) is 0 Å². The molecule has 2 N–H and O–H groups in total. The van der Waals surface area contributed by atoms with Crippen LogP contribution in [0.3, 0.4) is 0 Å². The predicted molar refractivity (Wildman–Crippen MR) is 96.2 cm³/mol. The maximum atomic E-state index is 10.4. The Hall–Kier alpha value is -1.85. The Labute approximate surface area is 144 Å². The third kappa shape index (κ3) is 5.08. The Morgan fingerprint density at radius 3 is 2.29 bits per heavy atom. The molecule has 24 heavy (non-hydrogen) atoms. The monoisotopic (exact) mass is 331 g/mol. The number of nitrogens with one attached hydrogen (secondary N) is 1. The number of nitrogens with zero attached hydrogens (tertiary/aromatic N) is 2. The van der Waals surface area contributed by atoms with Crippen LogP contribution in [0.2, 0.25) is 0 Å². The van der Waals surface area contributed by atoms with Crippen LogP contribution in [0.5, 0.6) is 5.75 Å². The van der Waals surface area contributed by atoms with E-state index >= 15 is 0 Å². The summed E-state index contributed by atoms with van der Waals surface area (Å²) in [4.78, 5) is 0. The third-order valence-electron chi connectivity index (χ3n) is 3.90. The molecule has 0 spiro atoms. The summed E-state index contributed by atoms with van der Waals surface area (Å²) < 4.78 is 7.56. The first-order valence-corrected chi connectivity index (χ1v) is 8.59. The van der Waals surface area contributed by atoms with Gasteiger partial charge in [0.15, 0.2) is 0 Å². The fourth-order valence-corrected chi connectivity index (χ4v) is 2.42. The largest absolute Gasteiger partial charge is 0.491 e. The van der Waals surface area contributed by atoms with Crippen LogP contribution < -0.4 is 10.1 Å². The van der Waals surface area contributed by atoms with E-state index in [9.17, 15) is 5.11 Å². The molecule has 0 saturated carbocycles. The van der Waals surface area contributed by atoms with Crippen molar-refractivity contribution in [3.05, 3.63) is 47.8 Å². The molecule has 0 radical (unpaired) electrons. The molecule has 0 saturated heterocycles. The van der Waals surface area contributed by atoms with Gasteiger partial charge in [0.1, 0.15) is 5.75 Å². The van der Waals surface area contributed by atoms with Gasteiger partial charge in [-0.15, -0.1) is 0 Å². The fourth-order valence-electron chi connectivity index (χ4n) is 2.42. The second-order valence-electron chi connectivity index (χ2n) is 6.73. The molecule has 1 heterocycles. The Balaban J connectivity index is 1.88. The van der Waals surface area contributed by atoms with Gasteiger partial charge in [0.05, 0.1) is 18.4 Å². The van der Waals surface area contributed by atoms with Crippen molar-refractivity contribution in [2.45, 2.75) is 58.9 Å². The highest BCUT2D eigenvalue weighted by atomic mass is 16.5. The molecule has 0 aliphatic rings. The molecule has 2 aromatic rings. The number of rotatable bonds is 8. The normalized spacial score (nSPS) is 14.2. The Morgan fingerprint density at radius 1 is 1.08 bits per heavy atom. The summed E-state index contributed by atoms with van der Waals surface area (Å²) in [6.07, 6.45) is 3.52. The summed E-state index contributed by atoms with van der Waals surface area (Å²) in [5, 5.41) is 18.1. The summed E-state index contributed by atoms with van der Waals surface area (Å²) in [7, 11) is 0. The molecule has 5 heteroatoms. The van der Waals surface area contributed by atoms with Gasteiger partial charge in [-0.2, -0.15) is 5.10 Å². The smallest absolute Gasteiger partial charge is 0.119 e. The topological polar surface area (TPSA) is 59.3 Å². The SMILES string of the molecule is CC(C)Oc1ccc(C(O)CNC(C)c2cnn(C(C)C)c2)cc1. The number of hydrogen-bond acceptors (Lipinski definition) is 4. The quantitative estimate of drug-likeness (QED) is 0.775. The van der Waals surface area contributed by atoms with E-state index in [4.69, 9.17) is 4.74 Å². The van der Waals surface area contributed by atoms with Crippen LogP contribution in [0.1, 0.15) is 63.9 Å². The molecule has 1 aromatic carbocycles. The lowest BCUT2D eigenvalue weighted by Crippen LogP contribution is -2.24. The first-order valence-electron chi connectivity index (χ1n) is 8.59. The zero-order valence-electron chi connectivity index (χ0n) is 15.2. The lowest BCUT2D eigenvalue weighted by molar-refractivity contribution is 0.170. The summed E-state index contributed by atoms with van der Waals surface area (Å²) in [5.41, 5.74) is 2.00. The minimum Gasteiger partial charge on any atom is -0.491 e. The van der Waals surface area contributed by atoms with E-state index in [1.807, 2.05) is 55.2 Å². The van der Waals surface area contributed by atoms with Crippen molar-refractivity contribution >= 4 is 0 Å². The van der Waals surface area contributed by atoms with Gasteiger partial charge in [-0.25, -0.2) is 0 Å². The number of aromatic nitrogens is 2. The van der Waals surface area contributed by atoms with Crippen LogP contribution in [-0.4, -0.2) is 27.5 Å². The fraction of sp³-hybridized carbons (Fsp3) is 0.526. The van der Waals surface area contributed by atoms with E-state index in [-0.39, 0.29) is 12.1 Å². The maximum Gasteiger partial charge on any atom is 0.119 e. The van der Waals surface area contributed by atoms with Gasteiger partial charge in [-0.1, -0.05) is 12.1 Å². The van der Waals surface area contributed by atoms with Gasteiger partial charge in [0.25, 0.3) is 0 Å². The highest BCUT2D eigenvalue weighted by Gasteiger charge is 2.13. The summed E-state index contributed by atoms with van der Waals surface area (Å²) in [6, 6.07) is 8.10. The highest BCUT2D eigenvalue weighted by Crippen LogP contribution is 2.20. The van der Waals surface area contributed by atoms with E-state index < -0.39 is 6.10 Å². The molecule has 1 aromatic heterocycles. The second kappa shape index (κ2) is 8.31. The maximum absolute atomic E-state index is 10.4. The average molecular weight is 331 g/mol. The minimum absolute atomic E-state index is 0.135. The lowest BCUT2D eigenvalue weighted by atomic mass is 10.1. The molecule has 2 atom stereocenters. The Kier molecular flexibility index (Phi) is 6.40. The lowest BCUT2D eigenvalue weighted by Gasteiger charge is -2.17. The summed E-state index contributed by atoms with van der Waals surface area (Å²) in [5.74, 6) is 0.823. The van der Waals surface area contributed by atoms with Crippen LogP contribution in [0, 0.1) is 0 Å². The van der Waals surface area contributed by atoms with Crippen molar-refractivity contribution in [3.63, 3.8) is 0 Å². The molecule has 2 unspecified atom stereocenters. The molecule has 0 aliphatic heterocycles. The molecule has 0 bridgehead atoms. The number of aliphatic hydroxyl groups excluding tert-OH is 1. The van der Waals surface area contributed by atoms with E-state index in [2.05, 4.69) is 31.2 Å². The Morgan fingerprint density at radius 2 is 1.75 bits per heavy atom. The number of ether oxygens (including phenoxy) is 1. The number of hydrogen-bond donors (Lipinski definition) is 2. The average Bonchev–Trinajstić information content (AvgIpc) is 3.02. The van der Waals surface area contributed by atoms with Crippen molar-refractivity contribution in [2.75, 3.05) is 6.54 Å². The molecule has 0 aliphatic carbocycles. The second-order valence-corrected chi connectivity index (χ2v) is 6.73. The molecule has 0 amide bonds. The molecule has 2 rings (SSSR count). The molecular formula is C19H29N3O2. The molecule has 5 nitrogen and oxygen atoms in total. The summed E-state index contributed by atoms with van der Waals surface area (Å²) in [6.45, 7) is 10.8. The third-order valence-corrected chi connectivity index (χ3v) is 3.90. The van der Waals surface area contributed by atoms with Gasteiger partial charge in [-0.3, -0.25) is 4.68 Å². The van der Waals surface area contributed by atoms with Crippen molar-refractivity contribution in [3.8, 4) is 5.75 Å². The van der Waals surface area contributed by atoms with Gasteiger partial charge >= 0.3 is 0 Å². The van der Waals surface area contributed by atoms with Crippen molar-refractivity contribution < 1.29 is 9.84 Å². The number of benzene rings is 1. The first-order chi connectivity index (χ1) is 11.4. The zero-order valence-corrected chi connectivity index (χ0v) is 15.2. The molecule has 0 fully saturated rings. The van der Waals surface area contributed by atoms with Crippen LogP contribution >= 0.6 is 0 Å². The molecule has 132 valence electrons. The van der Waals surface area contributed by atoms with Crippen LogP contribution in [0.4, 0.5) is 0 Å². The standard InChI is InChI=1S/C19H29N3O2/c1-13(2)22-12-17(10-21-22)15(5)20-11-19(23)16-6-8-18(9-7-16)24-14(3)4/h6-10,12-15,19-20,23H,11H2,1-5H3. The van der Waals surface area contributed by atoms with E-state index in [1.165, 1.54) is 0 Å². The summed E-state index contributed by atoms with van der Waals surface area (Å²) >= 11 is 0. The van der Waals surface area contributed by atoms with Crippen LogP contribution in [-0.2, 0) is 0 Å². The van der Waals surface area contributed by atoms with Crippen molar-refractivity contribution in [1.29, 1.82) is 0 Å². The van der Waals surface area contributed by atoms with Gasteiger partial charge < -0.3 is 15.2 Å². The van der Waals surface area contributed by atoms with Crippen LogP contribution in [0.15, 0.2) is 36.7 Å². The van der Waals surface area contributed by atoms with Gasteiger partial charge in [-0.05, 0) is 52.3 Å².